The Labute approximate surface area is 129 Å². The highest BCUT2D eigenvalue weighted by molar-refractivity contribution is 5.54. The lowest BCUT2D eigenvalue weighted by molar-refractivity contribution is 0.223. The van der Waals surface area contributed by atoms with Crippen molar-refractivity contribution in [3.8, 4) is 5.75 Å². The standard InChI is InChI=1S/C19H29NO/c1-13(2)21-16-10-15(18(3,4)5)9-14-11-20(6)12-19(7-8-19)17(14)16/h9-10,13H,7-8,11-12H2,1-6H3. The number of likely N-dealkylation sites (N-methyl/N-ethyl adjacent to an activating group) is 1. The van der Waals surface area contributed by atoms with E-state index < -0.39 is 0 Å². The highest BCUT2D eigenvalue weighted by Crippen LogP contribution is 2.56. The summed E-state index contributed by atoms with van der Waals surface area (Å²) in [5, 5.41) is 0. The van der Waals surface area contributed by atoms with Gasteiger partial charge in [-0.1, -0.05) is 26.8 Å². The van der Waals surface area contributed by atoms with Crippen molar-refractivity contribution in [2.24, 2.45) is 0 Å². The zero-order chi connectivity index (χ0) is 15.4. The van der Waals surface area contributed by atoms with Crippen molar-refractivity contribution < 1.29 is 4.74 Å². The maximum absolute atomic E-state index is 6.24. The van der Waals surface area contributed by atoms with Crippen LogP contribution in [0, 0.1) is 0 Å². The first-order valence-electron chi connectivity index (χ1n) is 8.24. The van der Waals surface area contributed by atoms with Gasteiger partial charge in [-0.3, -0.25) is 0 Å². The van der Waals surface area contributed by atoms with Crippen LogP contribution in [0.2, 0.25) is 0 Å². The van der Waals surface area contributed by atoms with E-state index >= 15 is 0 Å². The number of fused-ring (bicyclic) bond motifs is 2. The fourth-order valence-electron chi connectivity index (χ4n) is 3.68. The van der Waals surface area contributed by atoms with Crippen molar-refractivity contribution in [1.82, 2.24) is 4.90 Å². The molecule has 1 aliphatic carbocycles. The van der Waals surface area contributed by atoms with E-state index in [0.717, 1.165) is 12.3 Å². The summed E-state index contributed by atoms with van der Waals surface area (Å²) < 4.78 is 6.24. The van der Waals surface area contributed by atoms with Crippen LogP contribution < -0.4 is 4.74 Å². The monoisotopic (exact) mass is 287 g/mol. The molecule has 2 aliphatic rings. The summed E-state index contributed by atoms with van der Waals surface area (Å²) in [4.78, 5) is 2.47. The Morgan fingerprint density at radius 1 is 1.19 bits per heavy atom. The molecule has 0 radical (unpaired) electrons. The minimum atomic E-state index is 0.164. The van der Waals surface area contributed by atoms with E-state index in [9.17, 15) is 0 Å². The van der Waals surface area contributed by atoms with Gasteiger partial charge >= 0.3 is 0 Å². The van der Waals surface area contributed by atoms with Crippen molar-refractivity contribution in [1.29, 1.82) is 0 Å². The van der Waals surface area contributed by atoms with E-state index in [0.29, 0.717) is 5.41 Å². The highest BCUT2D eigenvalue weighted by atomic mass is 16.5. The molecule has 1 fully saturated rings. The summed E-state index contributed by atoms with van der Waals surface area (Å²) in [5.41, 5.74) is 4.94. The van der Waals surface area contributed by atoms with Gasteiger partial charge in [0.1, 0.15) is 5.75 Å². The van der Waals surface area contributed by atoms with Gasteiger partial charge in [0.25, 0.3) is 0 Å². The molecule has 0 bridgehead atoms. The molecule has 2 nitrogen and oxygen atoms in total. The lowest BCUT2D eigenvalue weighted by Crippen LogP contribution is -2.36. The first-order valence-corrected chi connectivity index (χ1v) is 8.24. The summed E-state index contributed by atoms with van der Waals surface area (Å²) in [6.07, 6.45) is 2.86. The lowest BCUT2D eigenvalue weighted by atomic mass is 9.80. The van der Waals surface area contributed by atoms with Crippen LogP contribution >= 0.6 is 0 Å². The van der Waals surface area contributed by atoms with Crippen LogP contribution in [0.4, 0.5) is 0 Å². The van der Waals surface area contributed by atoms with Gasteiger partial charge in [-0.25, -0.2) is 0 Å². The largest absolute Gasteiger partial charge is 0.491 e. The summed E-state index contributed by atoms with van der Waals surface area (Å²) in [6.45, 7) is 13.3. The van der Waals surface area contributed by atoms with Crippen molar-refractivity contribution >= 4 is 0 Å². The minimum Gasteiger partial charge on any atom is -0.491 e. The van der Waals surface area contributed by atoms with Crippen LogP contribution in [0.1, 0.15) is 64.2 Å². The van der Waals surface area contributed by atoms with Gasteiger partial charge in [-0.15, -0.1) is 0 Å². The topological polar surface area (TPSA) is 12.5 Å². The Bertz CT molecular complexity index is 549. The Morgan fingerprint density at radius 3 is 2.38 bits per heavy atom. The molecular formula is C19H29NO. The number of hydrogen-bond donors (Lipinski definition) is 0. The first-order chi connectivity index (χ1) is 9.71. The molecule has 1 aromatic carbocycles. The molecule has 1 saturated carbocycles. The Balaban J connectivity index is 2.15. The smallest absolute Gasteiger partial charge is 0.124 e. The third-order valence-electron chi connectivity index (χ3n) is 4.81. The zero-order valence-electron chi connectivity index (χ0n) is 14.4. The van der Waals surface area contributed by atoms with E-state index in [1.807, 2.05) is 0 Å². The summed E-state index contributed by atoms with van der Waals surface area (Å²) >= 11 is 0. The van der Waals surface area contributed by atoms with E-state index in [4.69, 9.17) is 4.74 Å². The van der Waals surface area contributed by atoms with E-state index in [2.05, 4.69) is 58.7 Å². The molecule has 0 unspecified atom stereocenters. The van der Waals surface area contributed by atoms with Gasteiger partial charge in [0, 0.05) is 24.1 Å². The van der Waals surface area contributed by atoms with E-state index in [1.54, 1.807) is 0 Å². The van der Waals surface area contributed by atoms with E-state index in [-0.39, 0.29) is 11.5 Å². The molecule has 0 aromatic heterocycles. The molecule has 3 rings (SSSR count). The molecule has 1 spiro atoms. The molecule has 0 atom stereocenters. The van der Waals surface area contributed by atoms with Crippen molar-refractivity contribution in [3.63, 3.8) is 0 Å². The number of rotatable bonds is 2. The quantitative estimate of drug-likeness (QED) is 0.806. The molecule has 1 aromatic rings. The van der Waals surface area contributed by atoms with Crippen molar-refractivity contribution in [2.75, 3.05) is 13.6 Å². The van der Waals surface area contributed by atoms with Gasteiger partial charge in [-0.05, 0) is 56.3 Å². The predicted molar refractivity (Wildman–Crippen MR) is 88.2 cm³/mol. The second-order valence-electron chi connectivity index (χ2n) is 8.38. The third-order valence-corrected chi connectivity index (χ3v) is 4.81. The SMILES string of the molecule is CC(C)Oc1cc(C(C)(C)C)cc2c1C1(CC1)CN(C)C2. The van der Waals surface area contributed by atoms with Crippen molar-refractivity contribution in [2.45, 2.75) is 70.9 Å². The van der Waals surface area contributed by atoms with Crippen LogP contribution in [0.15, 0.2) is 12.1 Å². The molecule has 116 valence electrons. The Kier molecular flexibility index (Phi) is 3.36. The average Bonchev–Trinajstić information content (AvgIpc) is 3.05. The first kappa shape index (κ1) is 14.9. The third kappa shape index (κ3) is 2.70. The van der Waals surface area contributed by atoms with Crippen LogP contribution in [0.5, 0.6) is 5.75 Å². The van der Waals surface area contributed by atoms with Gasteiger partial charge in [0.05, 0.1) is 6.10 Å². The van der Waals surface area contributed by atoms with Crippen LogP contribution in [0.25, 0.3) is 0 Å². The summed E-state index contributed by atoms with van der Waals surface area (Å²) in [7, 11) is 2.25. The molecule has 0 saturated heterocycles. The maximum atomic E-state index is 6.24. The fraction of sp³-hybridized carbons (Fsp3) is 0.684. The van der Waals surface area contributed by atoms with Crippen LogP contribution in [-0.2, 0) is 17.4 Å². The minimum absolute atomic E-state index is 0.164. The number of ether oxygens (including phenoxy) is 1. The van der Waals surface area contributed by atoms with Crippen molar-refractivity contribution in [3.05, 3.63) is 28.8 Å². The number of nitrogens with zero attached hydrogens (tertiary/aromatic N) is 1. The fourth-order valence-corrected chi connectivity index (χ4v) is 3.68. The highest BCUT2D eigenvalue weighted by Gasteiger charge is 2.50. The van der Waals surface area contributed by atoms with Gasteiger partial charge in [0.2, 0.25) is 0 Å². The molecule has 1 heterocycles. The van der Waals surface area contributed by atoms with Gasteiger partial charge < -0.3 is 9.64 Å². The lowest BCUT2D eigenvalue weighted by Gasteiger charge is -2.36. The molecule has 21 heavy (non-hydrogen) atoms. The molecule has 0 amide bonds. The predicted octanol–water partition coefficient (Wildman–Crippen LogP) is 4.25. The number of benzene rings is 1. The molecule has 2 heteroatoms. The zero-order valence-corrected chi connectivity index (χ0v) is 14.4. The second-order valence-corrected chi connectivity index (χ2v) is 8.38. The maximum Gasteiger partial charge on any atom is 0.124 e. The molecular weight excluding hydrogens is 258 g/mol. The second kappa shape index (κ2) is 4.74. The summed E-state index contributed by atoms with van der Waals surface area (Å²) in [6, 6.07) is 4.74. The Hall–Kier alpha value is -1.02. The van der Waals surface area contributed by atoms with Gasteiger partial charge in [-0.2, -0.15) is 0 Å². The van der Waals surface area contributed by atoms with Crippen LogP contribution in [-0.4, -0.2) is 24.6 Å². The van der Waals surface area contributed by atoms with Crippen LogP contribution in [0.3, 0.4) is 0 Å². The normalized spacial score (nSPS) is 20.7. The number of hydrogen-bond acceptors (Lipinski definition) is 2. The Morgan fingerprint density at radius 2 is 1.86 bits per heavy atom. The van der Waals surface area contributed by atoms with E-state index in [1.165, 1.54) is 36.1 Å². The molecule has 1 aliphatic heterocycles. The summed E-state index contributed by atoms with van der Waals surface area (Å²) in [5.74, 6) is 1.15. The average molecular weight is 287 g/mol. The van der Waals surface area contributed by atoms with Gasteiger partial charge in [0.15, 0.2) is 0 Å². The molecule has 0 N–H and O–H groups in total.